The van der Waals surface area contributed by atoms with Crippen LogP contribution in [0.25, 0.3) is 0 Å². The molecule has 4 amide bonds. The SMILES string of the molecule is CCCCCN(C(=O)C(CC(N)=O)NC(=O)OC(C)(C)C)C(C(=O)Nc1c(C)cccc1C)c1ccccc1C. The van der Waals surface area contributed by atoms with Gasteiger partial charge in [0.25, 0.3) is 5.91 Å². The van der Waals surface area contributed by atoms with Crippen LogP contribution in [0.2, 0.25) is 0 Å². The van der Waals surface area contributed by atoms with Crippen molar-refractivity contribution in [2.45, 2.75) is 91.8 Å². The monoisotopic (exact) mass is 552 g/mol. The first kappa shape index (κ1) is 32.3. The van der Waals surface area contributed by atoms with Gasteiger partial charge in [-0.05, 0) is 70.2 Å². The first-order valence-corrected chi connectivity index (χ1v) is 13.8. The second-order valence-corrected chi connectivity index (χ2v) is 11.1. The summed E-state index contributed by atoms with van der Waals surface area (Å²) in [5.41, 5.74) is 8.58. The summed E-state index contributed by atoms with van der Waals surface area (Å²) < 4.78 is 5.34. The van der Waals surface area contributed by atoms with Gasteiger partial charge in [-0.1, -0.05) is 62.2 Å². The standard InChI is InChI=1S/C31H44N4O5/c1-8-9-12-18-35(29(38)24(19-25(32)36)33-30(39)40-31(5,6)7)27(23-17-11-10-14-20(23)2)28(37)34-26-21(3)15-13-16-22(26)4/h10-11,13-17,24,27H,8-9,12,18-19H2,1-7H3,(H2,32,36)(H,33,39)(H,34,37). The van der Waals surface area contributed by atoms with E-state index in [0.29, 0.717) is 17.7 Å². The number of carbonyl (C=O) groups excluding carboxylic acids is 4. The van der Waals surface area contributed by atoms with Crippen LogP contribution in [0, 0.1) is 20.8 Å². The molecular formula is C31H44N4O5. The number of rotatable bonds is 12. The van der Waals surface area contributed by atoms with Crippen LogP contribution >= 0.6 is 0 Å². The highest BCUT2D eigenvalue weighted by molar-refractivity contribution is 6.00. The Morgan fingerprint density at radius 2 is 1.52 bits per heavy atom. The molecule has 2 atom stereocenters. The number of para-hydroxylation sites is 1. The minimum Gasteiger partial charge on any atom is -0.444 e. The summed E-state index contributed by atoms with van der Waals surface area (Å²) in [5.74, 6) is -1.76. The summed E-state index contributed by atoms with van der Waals surface area (Å²) in [6.07, 6.45) is 1.04. The van der Waals surface area contributed by atoms with Crippen molar-refractivity contribution in [2.24, 2.45) is 5.73 Å². The molecule has 0 heterocycles. The number of hydrogen-bond acceptors (Lipinski definition) is 5. The van der Waals surface area contributed by atoms with E-state index in [9.17, 15) is 19.2 Å². The van der Waals surface area contributed by atoms with Gasteiger partial charge in [0.15, 0.2) is 0 Å². The number of benzene rings is 2. The van der Waals surface area contributed by atoms with E-state index in [-0.39, 0.29) is 6.54 Å². The van der Waals surface area contributed by atoms with Gasteiger partial charge in [-0.3, -0.25) is 14.4 Å². The van der Waals surface area contributed by atoms with Crippen LogP contribution in [0.4, 0.5) is 10.5 Å². The second-order valence-electron chi connectivity index (χ2n) is 11.1. The third kappa shape index (κ3) is 9.39. The molecule has 0 aliphatic rings. The van der Waals surface area contributed by atoms with E-state index in [4.69, 9.17) is 10.5 Å². The second kappa shape index (κ2) is 14.5. The van der Waals surface area contributed by atoms with E-state index in [1.165, 1.54) is 4.90 Å². The molecule has 40 heavy (non-hydrogen) atoms. The Bertz CT molecular complexity index is 1180. The van der Waals surface area contributed by atoms with Crippen molar-refractivity contribution in [1.29, 1.82) is 0 Å². The minimum absolute atomic E-state index is 0.233. The first-order chi connectivity index (χ1) is 18.7. The Kier molecular flexibility index (Phi) is 11.7. The van der Waals surface area contributed by atoms with Crippen molar-refractivity contribution >= 4 is 29.5 Å². The third-order valence-electron chi connectivity index (χ3n) is 6.45. The van der Waals surface area contributed by atoms with Crippen molar-refractivity contribution in [3.63, 3.8) is 0 Å². The summed E-state index contributed by atoms with van der Waals surface area (Å²) in [4.78, 5) is 54.3. The number of carbonyl (C=O) groups is 4. The number of nitrogens with one attached hydrogen (secondary N) is 2. The molecule has 2 rings (SSSR count). The maximum Gasteiger partial charge on any atom is 0.408 e. The molecule has 0 bridgehead atoms. The molecule has 2 aromatic carbocycles. The van der Waals surface area contributed by atoms with Crippen molar-refractivity contribution in [3.8, 4) is 0 Å². The van der Waals surface area contributed by atoms with Gasteiger partial charge in [0.1, 0.15) is 17.7 Å². The van der Waals surface area contributed by atoms with Gasteiger partial charge in [0, 0.05) is 12.2 Å². The number of hydrogen-bond donors (Lipinski definition) is 3. The molecule has 0 spiro atoms. The fourth-order valence-electron chi connectivity index (χ4n) is 4.50. The number of anilines is 1. The topological polar surface area (TPSA) is 131 Å². The fourth-order valence-corrected chi connectivity index (χ4v) is 4.50. The molecule has 4 N–H and O–H groups in total. The number of nitrogens with two attached hydrogens (primary N) is 1. The molecule has 0 fully saturated rings. The molecule has 0 aliphatic carbocycles. The van der Waals surface area contributed by atoms with Crippen molar-refractivity contribution in [2.75, 3.05) is 11.9 Å². The molecule has 2 unspecified atom stereocenters. The lowest BCUT2D eigenvalue weighted by Crippen LogP contribution is -2.53. The van der Waals surface area contributed by atoms with Gasteiger partial charge in [0.2, 0.25) is 11.8 Å². The van der Waals surface area contributed by atoms with Crippen molar-refractivity contribution in [3.05, 3.63) is 64.7 Å². The Labute approximate surface area is 237 Å². The molecule has 2 aromatic rings. The van der Waals surface area contributed by atoms with Crippen LogP contribution < -0.4 is 16.4 Å². The lowest BCUT2D eigenvalue weighted by molar-refractivity contribution is -0.142. The Morgan fingerprint density at radius 3 is 2.08 bits per heavy atom. The van der Waals surface area contributed by atoms with Gasteiger partial charge in [-0.2, -0.15) is 0 Å². The Balaban J connectivity index is 2.60. The maximum atomic E-state index is 14.2. The normalized spacial score (nSPS) is 12.7. The summed E-state index contributed by atoms with van der Waals surface area (Å²) in [6.45, 7) is 13.0. The van der Waals surface area contributed by atoms with Crippen LogP contribution in [-0.4, -0.2) is 46.9 Å². The number of alkyl carbamates (subject to hydrolysis) is 1. The van der Waals surface area contributed by atoms with E-state index < -0.39 is 47.9 Å². The number of nitrogens with zero attached hydrogens (tertiary/aromatic N) is 1. The predicted octanol–water partition coefficient (Wildman–Crippen LogP) is 5.08. The number of primary amides is 1. The summed E-state index contributed by atoms with van der Waals surface area (Å²) >= 11 is 0. The molecule has 9 nitrogen and oxygen atoms in total. The van der Waals surface area contributed by atoms with E-state index in [0.717, 1.165) is 29.5 Å². The van der Waals surface area contributed by atoms with Crippen LogP contribution in [-0.2, 0) is 19.1 Å². The first-order valence-electron chi connectivity index (χ1n) is 13.8. The summed E-state index contributed by atoms with van der Waals surface area (Å²) in [7, 11) is 0. The zero-order valence-electron chi connectivity index (χ0n) is 24.8. The van der Waals surface area contributed by atoms with Gasteiger partial charge < -0.3 is 26.0 Å². The van der Waals surface area contributed by atoms with E-state index >= 15 is 0 Å². The van der Waals surface area contributed by atoms with E-state index in [1.807, 2.05) is 70.2 Å². The number of ether oxygens (including phenoxy) is 1. The molecule has 0 aliphatic heterocycles. The van der Waals surface area contributed by atoms with Crippen LogP contribution in [0.5, 0.6) is 0 Å². The molecule has 0 aromatic heterocycles. The highest BCUT2D eigenvalue weighted by Gasteiger charge is 2.37. The Morgan fingerprint density at radius 1 is 0.925 bits per heavy atom. The van der Waals surface area contributed by atoms with Gasteiger partial charge in [-0.25, -0.2) is 4.79 Å². The maximum absolute atomic E-state index is 14.2. The van der Waals surface area contributed by atoms with Gasteiger partial charge >= 0.3 is 6.09 Å². The van der Waals surface area contributed by atoms with Gasteiger partial charge in [-0.15, -0.1) is 0 Å². The molecule has 218 valence electrons. The van der Waals surface area contributed by atoms with Crippen LogP contribution in [0.3, 0.4) is 0 Å². The molecule has 0 saturated carbocycles. The highest BCUT2D eigenvalue weighted by Crippen LogP contribution is 2.29. The molecular weight excluding hydrogens is 508 g/mol. The quantitative estimate of drug-likeness (QED) is 0.316. The minimum atomic E-state index is -1.31. The zero-order valence-corrected chi connectivity index (χ0v) is 24.8. The fraction of sp³-hybridized carbons (Fsp3) is 0.484. The molecule has 9 heteroatoms. The zero-order chi connectivity index (χ0) is 30.0. The van der Waals surface area contributed by atoms with Crippen LogP contribution in [0.15, 0.2) is 42.5 Å². The van der Waals surface area contributed by atoms with Crippen molar-refractivity contribution in [1.82, 2.24) is 10.2 Å². The van der Waals surface area contributed by atoms with Crippen LogP contribution in [0.1, 0.15) is 81.7 Å². The Hall–Kier alpha value is -3.88. The average molecular weight is 553 g/mol. The third-order valence-corrected chi connectivity index (χ3v) is 6.45. The summed E-state index contributed by atoms with van der Waals surface area (Å²) in [6, 6.07) is 10.8. The lowest BCUT2D eigenvalue weighted by Gasteiger charge is -2.35. The van der Waals surface area contributed by atoms with Crippen molar-refractivity contribution < 1.29 is 23.9 Å². The largest absolute Gasteiger partial charge is 0.444 e. The number of aryl methyl sites for hydroxylation is 3. The average Bonchev–Trinajstić information content (AvgIpc) is 2.84. The van der Waals surface area contributed by atoms with Gasteiger partial charge in [0.05, 0.1) is 6.42 Å². The lowest BCUT2D eigenvalue weighted by atomic mass is 9.97. The molecule has 0 radical (unpaired) electrons. The molecule has 0 saturated heterocycles. The van der Waals surface area contributed by atoms with E-state index in [2.05, 4.69) is 10.6 Å². The number of unbranched alkanes of at least 4 members (excludes halogenated alkanes) is 2. The smallest absolute Gasteiger partial charge is 0.408 e. The summed E-state index contributed by atoms with van der Waals surface area (Å²) in [5, 5.41) is 5.56. The predicted molar refractivity (Wildman–Crippen MR) is 157 cm³/mol. The highest BCUT2D eigenvalue weighted by atomic mass is 16.6. The number of amides is 4. The van der Waals surface area contributed by atoms with E-state index in [1.54, 1.807) is 20.8 Å².